The van der Waals surface area contributed by atoms with Gasteiger partial charge in [-0.2, -0.15) is 0 Å². The average Bonchev–Trinajstić information content (AvgIpc) is 2.20. The molecule has 0 aromatic heterocycles. The zero-order valence-electron chi connectivity index (χ0n) is 15.4. The van der Waals surface area contributed by atoms with E-state index in [1.165, 1.54) is 0 Å². The van der Waals surface area contributed by atoms with Crippen molar-refractivity contribution in [1.29, 1.82) is 0 Å². The van der Waals surface area contributed by atoms with Crippen LogP contribution >= 0.6 is 0 Å². The monoisotopic (exact) mass is 349 g/mol. The Morgan fingerprint density at radius 2 is 1.29 bits per heavy atom. The van der Waals surface area contributed by atoms with E-state index in [1.54, 1.807) is 0 Å². The lowest BCUT2D eigenvalue weighted by molar-refractivity contribution is -0.0379. The van der Waals surface area contributed by atoms with E-state index in [2.05, 4.69) is 63.9 Å². The second kappa shape index (κ2) is 6.94. The van der Waals surface area contributed by atoms with Crippen LogP contribution < -0.4 is 0 Å². The van der Waals surface area contributed by atoms with Gasteiger partial charge in [-0.25, -0.2) is 0 Å². The van der Waals surface area contributed by atoms with Crippen molar-refractivity contribution in [2.24, 2.45) is 0 Å². The molecule has 1 saturated heterocycles. The second-order valence-corrected chi connectivity index (χ2v) is 21.7. The molecule has 2 unspecified atom stereocenters. The van der Waals surface area contributed by atoms with Gasteiger partial charge in [0.2, 0.25) is 0 Å². The average molecular weight is 350 g/mol. The molecule has 0 saturated carbocycles. The van der Waals surface area contributed by atoms with Gasteiger partial charge in [-0.05, 0) is 20.4 Å². The molecule has 2 atom stereocenters. The highest BCUT2D eigenvalue weighted by Crippen LogP contribution is 2.25. The van der Waals surface area contributed by atoms with Crippen molar-refractivity contribution in [2.75, 3.05) is 19.4 Å². The lowest BCUT2D eigenvalue weighted by atomic mass is 10.4. The summed E-state index contributed by atoms with van der Waals surface area (Å²) in [4.78, 5) is 0. The summed E-state index contributed by atoms with van der Waals surface area (Å²) in [6.45, 7) is 22.4. The van der Waals surface area contributed by atoms with Gasteiger partial charge < -0.3 is 17.8 Å². The van der Waals surface area contributed by atoms with Crippen molar-refractivity contribution in [1.82, 2.24) is 4.23 Å². The van der Waals surface area contributed by atoms with E-state index in [4.69, 9.17) is 13.6 Å². The molecule has 126 valence electrons. The van der Waals surface area contributed by atoms with Crippen LogP contribution in [0.4, 0.5) is 0 Å². The summed E-state index contributed by atoms with van der Waals surface area (Å²) in [5.41, 5.74) is 0. The van der Waals surface area contributed by atoms with Crippen LogP contribution in [0.1, 0.15) is 13.8 Å². The maximum absolute atomic E-state index is 6.36. The van der Waals surface area contributed by atoms with Crippen LogP contribution in [0.2, 0.25) is 45.8 Å². The first-order chi connectivity index (χ1) is 9.33. The van der Waals surface area contributed by atoms with Crippen molar-refractivity contribution in [3.8, 4) is 0 Å². The fourth-order valence-electron chi connectivity index (χ4n) is 3.19. The summed E-state index contributed by atoms with van der Waals surface area (Å²) >= 11 is 0. The lowest BCUT2D eigenvalue weighted by Crippen LogP contribution is -2.66. The minimum atomic E-state index is -2.21. The Hall–Kier alpha value is 0.491. The Morgan fingerprint density at radius 1 is 0.905 bits per heavy atom. The summed E-state index contributed by atoms with van der Waals surface area (Å²) in [5, 5.41) is 0. The zero-order chi connectivity index (χ0) is 16.5. The van der Waals surface area contributed by atoms with Crippen LogP contribution in [0.25, 0.3) is 0 Å². The third kappa shape index (κ3) is 6.25. The zero-order valence-corrected chi connectivity index (χ0v) is 18.4. The number of ether oxygens (including phenoxy) is 1. The van der Waals surface area contributed by atoms with Crippen molar-refractivity contribution in [3.63, 3.8) is 0 Å². The van der Waals surface area contributed by atoms with Gasteiger partial charge in [-0.1, -0.05) is 39.3 Å². The molecular formula is C14H35NO3Si3. The summed E-state index contributed by atoms with van der Waals surface area (Å²) in [6.07, 6.45) is 1.24. The smallest absolute Gasteiger partial charge is 0.348 e. The minimum absolute atomic E-state index is 0.124. The molecule has 0 radical (unpaired) electrons. The molecule has 21 heavy (non-hydrogen) atoms. The van der Waals surface area contributed by atoms with E-state index in [1.807, 2.05) is 0 Å². The summed E-state index contributed by atoms with van der Waals surface area (Å²) in [6, 6.07) is 0. The second-order valence-electron chi connectivity index (χ2n) is 8.46. The number of nitrogens with zero attached hydrogens (tertiary/aromatic N) is 1. The summed E-state index contributed by atoms with van der Waals surface area (Å²) in [7, 11) is -4.99. The SMILES string of the molecule is CC1COCC(C)O[Si](C)(CN([Si](C)(C)C)[Si](C)(C)C)O1. The van der Waals surface area contributed by atoms with Gasteiger partial charge in [0.15, 0.2) is 0 Å². The largest absolute Gasteiger partial charge is 0.388 e. The molecule has 0 aliphatic carbocycles. The molecule has 4 nitrogen and oxygen atoms in total. The fourth-order valence-corrected chi connectivity index (χ4v) is 19.4. The maximum atomic E-state index is 6.36. The van der Waals surface area contributed by atoms with E-state index in [9.17, 15) is 0 Å². The Bertz CT molecular complexity index is 315. The molecule has 0 bridgehead atoms. The van der Waals surface area contributed by atoms with Crippen molar-refractivity contribution in [2.45, 2.75) is 71.9 Å². The van der Waals surface area contributed by atoms with Crippen LogP contribution in [-0.4, -0.2) is 60.9 Å². The van der Waals surface area contributed by atoms with Crippen LogP contribution in [0, 0.1) is 0 Å². The van der Waals surface area contributed by atoms with Gasteiger partial charge in [-0.3, -0.25) is 0 Å². The van der Waals surface area contributed by atoms with Crippen LogP contribution in [-0.2, 0) is 13.6 Å². The standard InChI is InChI=1S/C14H35NO3Si3/c1-13-10-16-11-14(2)18-21(9,17-13)12-15(19(3,4)5)20(6,7)8/h13-14H,10-12H2,1-9H3. The van der Waals surface area contributed by atoms with Crippen molar-refractivity contribution in [3.05, 3.63) is 0 Å². The lowest BCUT2D eigenvalue weighted by Gasteiger charge is -2.48. The molecule has 0 N–H and O–H groups in total. The van der Waals surface area contributed by atoms with Crippen LogP contribution in [0.3, 0.4) is 0 Å². The fraction of sp³-hybridized carbons (Fsp3) is 1.00. The normalized spacial score (nSPS) is 32.9. The molecule has 1 aliphatic heterocycles. The molecular weight excluding hydrogens is 314 g/mol. The highest BCUT2D eigenvalue weighted by molar-refractivity contribution is 6.90. The first-order valence-corrected chi connectivity index (χ1v) is 17.5. The minimum Gasteiger partial charge on any atom is -0.388 e. The Kier molecular flexibility index (Phi) is 6.46. The highest BCUT2D eigenvalue weighted by atomic mass is 28.4. The number of hydrogen-bond acceptors (Lipinski definition) is 4. The Labute approximate surface area is 134 Å². The topological polar surface area (TPSA) is 30.9 Å². The predicted octanol–water partition coefficient (Wildman–Crippen LogP) is 3.41. The van der Waals surface area contributed by atoms with Gasteiger partial charge in [-0.15, -0.1) is 0 Å². The quantitative estimate of drug-likeness (QED) is 0.728. The third-order valence-electron chi connectivity index (χ3n) is 3.67. The van der Waals surface area contributed by atoms with E-state index in [0.29, 0.717) is 13.2 Å². The van der Waals surface area contributed by atoms with E-state index in [-0.39, 0.29) is 12.2 Å². The first-order valence-electron chi connectivity index (χ1n) is 8.05. The molecule has 0 spiro atoms. The van der Waals surface area contributed by atoms with Gasteiger partial charge >= 0.3 is 8.56 Å². The Morgan fingerprint density at radius 3 is 1.62 bits per heavy atom. The maximum Gasteiger partial charge on any atom is 0.348 e. The van der Waals surface area contributed by atoms with Crippen LogP contribution in [0.5, 0.6) is 0 Å². The molecule has 1 fully saturated rings. The molecule has 0 aromatic carbocycles. The van der Waals surface area contributed by atoms with Gasteiger partial charge in [0.25, 0.3) is 0 Å². The van der Waals surface area contributed by atoms with E-state index < -0.39 is 25.0 Å². The van der Waals surface area contributed by atoms with E-state index in [0.717, 1.165) is 6.17 Å². The predicted molar refractivity (Wildman–Crippen MR) is 96.9 cm³/mol. The van der Waals surface area contributed by atoms with Crippen molar-refractivity contribution < 1.29 is 13.6 Å². The first kappa shape index (κ1) is 19.5. The van der Waals surface area contributed by atoms with Gasteiger partial charge in [0, 0.05) is 6.17 Å². The number of hydrogen-bond donors (Lipinski definition) is 0. The Balaban J connectivity index is 2.96. The molecule has 0 aromatic rings. The summed E-state index contributed by atoms with van der Waals surface area (Å²) < 4.78 is 21.1. The van der Waals surface area contributed by atoms with E-state index >= 15 is 0 Å². The van der Waals surface area contributed by atoms with Crippen molar-refractivity contribution >= 4 is 25.0 Å². The molecule has 1 rings (SSSR count). The van der Waals surface area contributed by atoms with Gasteiger partial charge in [0.1, 0.15) is 16.5 Å². The molecule has 0 amide bonds. The van der Waals surface area contributed by atoms with Crippen LogP contribution in [0.15, 0.2) is 0 Å². The number of rotatable bonds is 4. The third-order valence-corrected chi connectivity index (χ3v) is 14.6. The molecule has 7 heteroatoms. The molecule has 1 aliphatic rings. The highest BCUT2D eigenvalue weighted by Gasteiger charge is 2.45. The summed E-state index contributed by atoms with van der Waals surface area (Å²) in [5.74, 6) is 0. The van der Waals surface area contributed by atoms with Gasteiger partial charge in [0.05, 0.1) is 25.4 Å². The molecule has 1 heterocycles.